The van der Waals surface area contributed by atoms with Gasteiger partial charge >= 0.3 is 5.97 Å². The molecule has 0 saturated heterocycles. The molecular formula is C21H16N4O3. The molecule has 0 fully saturated rings. The second kappa shape index (κ2) is 7.71. The van der Waals surface area contributed by atoms with Crippen LogP contribution in [0.5, 0.6) is 5.88 Å². The summed E-state index contributed by atoms with van der Waals surface area (Å²) in [5.74, 6) is -1.03. The molecule has 0 aliphatic carbocycles. The van der Waals surface area contributed by atoms with Crippen molar-refractivity contribution in [3.05, 3.63) is 102 Å². The van der Waals surface area contributed by atoms with E-state index in [2.05, 4.69) is 15.1 Å². The van der Waals surface area contributed by atoms with Crippen LogP contribution < -0.4 is 0 Å². The number of ether oxygens (including phenoxy) is 1. The molecule has 0 bridgehead atoms. The Morgan fingerprint density at radius 2 is 1.61 bits per heavy atom. The van der Waals surface area contributed by atoms with Gasteiger partial charge < -0.3 is 9.84 Å². The van der Waals surface area contributed by atoms with Crippen molar-refractivity contribution in [1.29, 1.82) is 0 Å². The van der Waals surface area contributed by atoms with Crippen LogP contribution in [0.25, 0.3) is 5.95 Å². The van der Waals surface area contributed by atoms with Crippen LogP contribution in [0.15, 0.2) is 85.3 Å². The molecule has 0 atom stereocenters. The lowest BCUT2D eigenvalue weighted by molar-refractivity contribution is 0.0373. The van der Waals surface area contributed by atoms with Crippen LogP contribution in [0.1, 0.15) is 27.6 Å². The number of nitrogens with zero attached hydrogens (tertiary/aromatic N) is 4. The molecule has 0 amide bonds. The van der Waals surface area contributed by atoms with Gasteiger partial charge in [-0.25, -0.2) is 14.5 Å². The average molecular weight is 372 g/mol. The van der Waals surface area contributed by atoms with Crippen LogP contribution in [-0.2, 0) is 4.74 Å². The van der Waals surface area contributed by atoms with Gasteiger partial charge in [0.05, 0.1) is 6.20 Å². The molecule has 2 aromatic heterocycles. The van der Waals surface area contributed by atoms with Crippen LogP contribution in [0.2, 0.25) is 0 Å². The van der Waals surface area contributed by atoms with Crippen molar-refractivity contribution >= 4 is 5.97 Å². The van der Waals surface area contributed by atoms with E-state index in [-0.39, 0.29) is 11.5 Å². The largest absolute Gasteiger partial charge is 0.493 e. The van der Waals surface area contributed by atoms with Gasteiger partial charge in [-0.15, -0.1) is 0 Å². The molecule has 0 aliphatic heterocycles. The lowest BCUT2D eigenvalue weighted by Gasteiger charge is -2.19. The normalized spacial score (nSPS) is 10.8. The van der Waals surface area contributed by atoms with Gasteiger partial charge in [-0.05, 0) is 17.2 Å². The van der Waals surface area contributed by atoms with Crippen molar-refractivity contribution in [1.82, 2.24) is 19.7 Å². The number of hydrogen-bond donors (Lipinski definition) is 1. The van der Waals surface area contributed by atoms with Crippen molar-refractivity contribution in [2.45, 2.75) is 6.10 Å². The fraction of sp³-hybridized carbons (Fsp3) is 0.0476. The summed E-state index contributed by atoms with van der Waals surface area (Å²) in [6, 6.07) is 20.5. The number of rotatable bonds is 5. The van der Waals surface area contributed by atoms with E-state index in [1.165, 1.54) is 10.9 Å². The lowest BCUT2D eigenvalue weighted by Crippen LogP contribution is -2.14. The van der Waals surface area contributed by atoms with E-state index in [9.17, 15) is 9.90 Å². The van der Waals surface area contributed by atoms with Gasteiger partial charge in [0.2, 0.25) is 5.88 Å². The average Bonchev–Trinajstić information content (AvgIpc) is 3.28. The minimum absolute atomic E-state index is 0.118. The zero-order chi connectivity index (χ0) is 19.3. The second-order valence-corrected chi connectivity index (χ2v) is 5.96. The number of esters is 1. The molecule has 1 N–H and O–H groups in total. The van der Waals surface area contributed by atoms with Crippen molar-refractivity contribution in [2.24, 2.45) is 0 Å². The van der Waals surface area contributed by atoms with Crippen LogP contribution in [0.3, 0.4) is 0 Å². The van der Waals surface area contributed by atoms with Gasteiger partial charge in [0, 0.05) is 12.4 Å². The van der Waals surface area contributed by atoms with Crippen LogP contribution >= 0.6 is 0 Å². The first-order valence-electron chi connectivity index (χ1n) is 8.59. The Hall–Kier alpha value is -4.00. The summed E-state index contributed by atoms with van der Waals surface area (Å²) in [5, 5.41) is 14.2. The second-order valence-electron chi connectivity index (χ2n) is 5.96. The SMILES string of the molecule is O=C(OC(c1ccccc1)c1ccccc1)c1cnc(-n2cccn2)nc1O. The molecule has 138 valence electrons. The van der Waals surface area contributed by atoms with Gasteiger partial charge in [0.25, 0.3) is 5.95 Å². The maximum atomic E-state index is 12.7. The van der Waals surface area contributed by atoms with Gasteiger partial charge in [-0.2, -0.15) is 10.1 Å². The summed E-state index contributed by atoms with van der Waals surface area (Å²) in [4.78, 5) is 20.8. The van der Waals surface area contributed by atoms with Gasteiger partial charge in [-0.1, -0.05) is 60.7 Å². The molecule has 28 heavy (non-hydrogen) atoms. The Balaban J connectivity index is 1.63. The maximum absolute atomic E-state index is 12.7. The van der Waals surface area contributed by atoms with E-state index in [4.69, 9.17) is 4.74 Å². The molecule has 4 aromatic rings. The van der Waals surface area contributed by atoms with Crippen LogP contribution in [0, 0.1) is 0 Å². The zero-order valence-electron chi connectivity index (χ0n) is 14.7. The predicted octanol–water partition coefficient (Wildman–Crippen LogP) is 3.31. The van der Waals surface area contributed by atoms with E-state index in [1.807, 2.05) is 60.7 Å². The molecule has 2 heterocycles. The van der Waals surface area contributed by atoms with E-state index >= 15 is 0 Å². The molecule has 7 heteroatoms. The number of carbonyl (C=O) groups is 1. The fourth-order valence-electron chi connectivity index (χ4n) is 2.76. The van der Waals surface area contributed by atoms with Gasteiger partial charge in [0.15, 0.2) is 6.10 Å². The van der Waals surface area contributed by atoms with Gasteiger partial charge in [0.1, 0.15) is 5.56 Å². The standard InChI is InChI=1S/C21H16N4O3/c26-19-17(14-22-21(24-19)25-13-7-12-23-25)20(27)28-18(15-8-3-1-4-9-15)16-10-5-2-6-11-16/h1-14,18H,(H,22,24,26). The highest BCUT2D eigenvalue weighted by molar-refractivity contribution is 5.91. The zero-order valence-corrected chi connectivity index (χ0v) is 14.7. The van der Waals surface area contributed by atoms with E-state index in [1.54, 1.807) is 18.5 Å². The first kappa shape index (κ1) is 17.4. The maximum Gasteiger partial charge on any atom is 0.346 e. The van der Waals surface area contributed by atoms with Crippen LogP contribution in [0.4, 0.5) is 0 Å². The first-order chi connectivity index (χ1) is 13.7. The van der Waals surface area contributed by atoms with Crippen molar-refractivity contribution in [3.63, 3.8) is 0 Å². The van der Waals surface area contributed by atoms with Crippen molar-refractivity contribution < 1.29 is 14.6 Å². The summed E-state index contributed by atoms with van der Waals surface area (Å²) >= 11 is 0. The summed E-state index contributed by atoms with van der Waals surface area (Å²) < 4.78 is 7.10. The molecule has 7 nitrogen and oxygen atoms in total. The summed E-state index contributed by atoms with van der Waals surface area (Å²) in [5.41, 5.74) is 1.51. The third-order valence-electron chi connectivity index (χ3n) is 4.11. The van der Waals surface area contributed by atoms with E-state index in [0.717, 1.165) is 11.1 Å². The first-order valence-corrected chi connectivity index (χ1v) is 8.59. The quantitative estimate of drug-likeness (QED) is 0.541. The number of hydrogen-bond acceptors (Lipinski definition) is 6. The Kier molecular flexibility index (Phi) is 4.79. The summed E-state index contributed by atoms with van der Waals surface area (Å²) in [6.45, 7) is 0. The number of carbonyl (C=O) groups excluding carboxylic acids is 1. The lowest BCUT2D eigenvalue weighted by atomic mass is 10.0. The molecule has 0 radical (unpaired) electrons. The minimum atomic E-state index is -0.720. The highest BCUT2D eigenvalue weighted by atomic mass is 16.5. The monoisotopic (exact) mass is 372 g/mol. The third-order valence-corrected chi connectivity index (χ3v) is 4.11. The fourth-order valence-corrected chi connectivity index (χ4v) is 2.76. The number of benzene rings is 2. The van der Waals surface area contributed by atoms with E-state index < -0.39 is 18.0 Å². The molecule has 0 spiro atoms. The third kappa shape index (κ3) is 3.59. The predicted molar refractivity (Wildman–Crippen MR) is 101 cm³/mol. The smallest absolute Gasteiger partial charge is 0.346 e. The Morgan fingerprint density at radius 1 is 0.964 bits per heavy atom. The topological polar surface area (TPSA) is 90.1 Å². The van der Waals surface area contributed by atoms with Crippen molar-refractivity contribution in [2.75, 3.05) is 0 Å². The summed E-state index contributed by atoms with van der Waals surface area (Å²) in [6.07, 6.45) is 3.80. The Labute approximate surface area is 160 Å². The van der Waals surface area contributed by atoms with Crippen LogP contribution in [-0.4, -0.2) is 30.8 Å². The Morgan fingerprint density at radius 3 is 2.14 bits per heavy atom. The molecule has 0 saturated carbocycles. The molecule has 2 aromatic carbocycles. The molecule has 4 rings (SSSR count). The molecule has 0 unspecified atom stereocenters. The molecular weight excluding hydrogens is 356 g/mol. The highest BCUT2D eigenvalue weighted by Crippen LogP contribution is 2.28. The highest BCUT2D eigenvalue weighted by Gasteiger charge is 2.23. The number of aromatic hydroxyl groups is 1. The minimum Gasteiger partial charge on any atom is -0.493 e. The summed E-state index contributed by atoms with van der Waals surface area (Å²) in [7, 11) is 0. The molecule has 0 aliphatic rings. The van der Waals surface area contributed by atoms with E-state index in [0.29, 0.717) is 0 Å². The van der Waals surface area contributed by atoms with Crippen molar-refractivity contribution in [3.8, 4) is 11.8 Å². The van der Waals surface area contributed by atoms with Gasteiger partial charge in [-0.3, -0.25) is 0 Å². The number of aromatic nitrogens is 4. The Bertz CT molecular complexity index is 1030.